The van der Waals surface area contributed by atoms with E-state index in [1.165, 1.54) is 6.92 Å². The standard InChI is InChI=1S/C46H23N3O4/c1-21(50)23-6-2-4-8-29(23)44(51)22-10-11-31-35(20-22)47-34-18-16-25-24-17-19-36-39-26(12-14-32(37(24)39)46(53)40(25)38(31)34)28-13-15-33-41-42(48-49(36)43(28)41)27-7-3-5-9-30(27)45(33)52/h2-20,47H,1H3. The molecule has 12 aromatic rings. The molecule has 0 saturated carbocycles. The molecule has 7 nitrogen and oxygen atoms in total. The quantitative estimate of drug-likeness (QED) is 0.114. The van der Waals surface area contributed by atoms with Crippen molar-refractivity contribution in [2.75, 3.05) is 0 Å². The SMILES string of the molecule is CC(=O)c1ccccc1C(=O)c1ccc2c(c1)[nH]c1ccc3c4ccc5c6c(ccc(c(=O)c3c12)c46)c1ccc2c(=O)c3ccccc3c3nn5c1c23. The number of aromatic nitrogens is 3. The van der Waals surface area contributed by atoms with Crippen LogP contribution in [0.2, 0.25) is 0 Å². The molecule has 1 N–H and O–H groups in total. The Hall–Kier alpha value is -7.25. The predicted octanol–water partition coefficient (Wildman–Crippen LogP) is 9.51. The first-order valence-corrected chi connectivity index (χ1v) is 17.5. The van der Waals surface area contributed by atoms with E-state index in [0.29, 0.717) is 38.2 Å². The largest absolute Gasteiger partial charge is 0.354 e. The molecule has 0 amide bonds. The second-order valence-corrected chi connectivity index (χ2v) is 14.1. The van der Waals surface area contributed by atoms with Crippen LogP contribution in [-0.4, -0.2) is 26.2 Å². The first-order valence-electron chi connectivity index (χ1n) is 17.5. The second kappa shape index (κ2) is 9.54. The van der Waals surface area contributed by atoms with Gasteiger partial charge in [0.2, 0.25) is 0 Å². The van der Waals surface area contributed by atoms with Crippen molar-refractivity contribution in [1.82, 2.24) is 14.6 Å². The summed E-state index contributed by atoms with van der Waals surface area (Å²) in [5.74, 6) is -0.404. The van der Waals surface area contributed by atoms with E-state index in [2.05, 4.69) is 17.1 Å². The van der Waals surface area contributed by atoms with Gasteiger partial charge in [0.25, 0.3) is 0 Å². The number of hydrogen-bond donors (Lipinski definition) is 1. The van der Waals surface area contributed by atoms with Crippen LogP contribution in [0.5, 0.6) is 0 Å². The van der Waals surface area contributed by atoms with Crippen LogP contribution in [0.3, 0.4) is 0 Å². The van der Waals surface area contributed by atoms with Gasteiger partial charge in [-0.15, -0.1) is 0 Å². The lowest BCUT2D eigenvalue weighted by atomic mass is 9.89. The van der Waals surface area contributed by atoms with Crippen molar-refractivity contribution in [3.8, 4) is 0 Å². The number of aromatic amines is 1. The molecule has 0 atom stereocenters. The van der Waals surface area contributed by atoms with Crippen molar-refractivity contribution >= 4 is 115 Å². The number of nitrogens with one attached hydrogen (secondary N) is 1. The number of carbonyl (C=O) groups excluding carboxylic acids is 2. The van der Waals surface area contributed by atoms with Crippen LogP contribution in [0.15, 0.2) is 125 Å². The second-order valence-electron chi connectivity index (χ2n) is 14.1. The molecule has 0 bridgehead atoms. The Bertz CT molecular complexity index is 3780. The number of benzene rings is 9. The monoisotopic (exact) mass is 681 g/mol. The number of fused-ring (bicyclic) bond motifs is 10. The highest BCUT2D eigenvalue weighted by atomic mass is 16.1. The average Bonchev–Trinajstić information content (AvgIpc) is 3.78. The molecular weight excluding hydrogens is 659 g/mol. The number of pyridine rings is 1. The van der Waals surface area contributed by atoms with E-state index < -0.39 is 0 Å². The highest BCUT2D eigenvalue weighted by Crippen LogP contribution is 2.44. The zero-order valence-corrected chi connectivity index (χ0v) is 28.0. The smallest absolute Gasteiger partial charge is 0.195 e. The highest BCUT2D eigenvalue weighted by molar-refractivity contribution is 6.37. The van der Waals surface area contributed by atoms with Gasteiger partial charge >= 0.3 is 0 Å². The van der Waals surface area contributed by atoms with Gasteiger partial charge < -0.3 is 4.98 Å². The van der Waals surface area contributed by atoms with Gasteiger partial charge in [0.15, 0.2) is 22.4 Å². The Morgan fingerprint density at radius 3 is 2.00 bits per heavy atom. The summed E-state index contributed by atoms with van der Waals surface area (Å²) in [7, 11) is 0. The summed E-state index contributed by atoms with van der Waals surface area (Å²) in [4.78, 5) is 57.8. The molecule has 0 spiro atoms. The molecule has 0 aliphatic rings. The van der Waals surface area contributed by atoms with E-state index in [4.69, 9.17) is 5.10 Å². The number of H-pyrrole nitrogens is 1. The molecule has 246 valence electrons. The van der Waals surface area contributed by atoms with Crippen molar-refractivity contribution in [3.63, 3.8) is 0 Å². The lowest BCUT2D eigenvalue weighted by molar-refractivity contribution is 0.0990. The summed E-state index contributed by atoms with van der Waals surface area (Å²) < 4.78 is 1.96. The zero-order chi connectivity index (χ0) is 35.4. The third-order valence-corrected chi connectivity index (χ3v) is 11.5. The Kier molecular flexibility index (Phi) is 5.12. The van der Waals surface area contributed by atoms with E-state index in [0.717, 1.165) is 81.4 Å². The van der Waals surface area contributed by atoms with Crippen LogP contribution in [-0.2, 0) is 0 Å². The fraction of sp³-hybridized carbons (Fsp3) is 0.0217. The molecule has 3 aromatic heterocycles. The molecule has 3 heterocycles. The van der Waals surface area contributed by atoms with Crippen LogP contribution in [0.1, 0.15) is 33.2 Å². The Labute approximate surface area is 297 Å². The van der Waals surface area contributed by atoms with Crippen molar-refractivity contribution in [2.45, 2.75) is 6.92 Å². The lowest BCUT2D eigenvalue weighted by Crippen LogP contribution is -2.08. The van der Waals surface area contributed by atoms with E-state index in [1.807, 2.05) is 71.2 Å². The molecule has 0 aliphatic heterocycles. The van der Waals surface area contributed by atoms with Gasteiger partial charge in [-0.25, -0.2) is 4.52 Å². The summed E-state index contributed by atoms with van der Waals surface area (Å²) >= 11 is 0. The Morgan fingerprint density at radius 1 is 0.528 bits per heavy atom. The minimum Gasteiger partial charge on any atom is -0.354 e. The maximum Gasteiger partial charge on any atom is 0.195 e. The average molecular weight is 682 g/mol. The summed E-state index contributed by atoms with van der Waals surface area (Å²) in [5.41, 5.74) is 5.24. The zero-order valence-electron chi connectivity index (χ0n) is 28.0. The van der Waals surface area contributed by atoms with Crippen LogP contribution in [0.25, 0.3) is 103 Å². The topological polar surface area (TPSA) is 101 Å². The number of ketones is 2. The van der Waals surface area contributed by atoms with E-state index in [9.17, 15) is 19.2 Å². The molecule has 53 heavy (non-hydrogen) atoms. The minimum atomic E-state index is -0.236. The van der Waals surface area contributed by atoms with E-state index in [-0.39, 0.29) is 22.4 Å². The molecule has 0 radical (unpaired) electrons. The van der Waals surface area contributed by atoms with E-state index >= 15 is 0 Å². The molecule has 7 heteroatoms. The highest BCUT2D eigenvalue weighted by Gasteiger charge is 2.25. The molecule has 0 unspecified atom stereocenters. The fourth-order valence-corrected chi connectivity index (χ4v) is 9.22. The normalized spacial score (nSPS) is 12.5. The van der Waals surface area contributed by atoms with Gasteiger partial charge in [0.05, 0.1) is 11.0 Å². The third-order valence-electron chi connectivity index (χ3n) is 11.5. The third kappa shape index (κ3) is 3.37. The van der Waals surface area contributed by atoms with Gasteiger partial charge in [0.1, 0.15) is 5.52 Å². The first kappa shape index (κ1) is 28.4. The Balaban J connectivity index is 1.15. The first-order chi connectivity index (χ1) is 25.9. The summed E-state index contributed by atoms with van der Waals surface area (Å²) in [6.45, 7) is 1.46. The van der Waals surface area contributed by atoms with E-state index in [1.54, 1.807) is 36.4 Å². The van der Waals surface area contributed by atoms with Gasteiger partial charge in [-0.2, -0.15) is 5.10 Å². The maximum atomic E-state index is 14.8. The number of hydrogen-bond acceptors (Lipinski definition) is 5. The molecule has 12 rings (SSSR count). The van der Waals surface area contributed by atoms with Crippen molar-refractivity contribution in [2.24, 2.45) is 0 Å². The summed E-state index contributed by atoms with van der Waals surface area (Å²) in [6.07, 6.45) is 0. The predicted molar refractivity (Wildman–Crippen MR) is 213 cm³/mol. The van der Waals surface area contributed by atoms with Crippen molar-refractivity contribution in [3.05, 3.63) is 152 Å². The summed E-state index contributed by atoms with van der Waals surface area (Å²) in [6, 6.07) is 36.0. The van der Waals surface area contributed by atoms with Crippen LogP contribution in [0.4, 0.5) is 0 Å². The lowest BCUT2D eigenvalue weighted by Gasteiger charge is -2.16. The van der Waals surface area contributed by atoms with Crippen molar-refractivity contribution < 1.29 is 9.59 Å². The van der Waals surface area contributed by atoms with Gasteiger partial charge in [-0.3, -0.25) is 19.2 Å². The number of Topliss-reactive ketones (excluding diaryl/α,β-unsaturated/α-hetero) is 1. The molecule has 0 saturated heterocycles. The summed E-state index contributed by atoms with van der Waals surface area (Å²) in [5, 5.41) is 16.7. The number of carbonyl (C=O) groups is 2. The molecule has 0 fully saturated rings. The van der Waals surface area contributed by atoms with Crippen LogP contribution >= 0.6 is 0 Å². The fourth-order valence-electron chi connectivity index (χ4n) is 9.22. The van der Waals surface area contributed by atoms with Gasteiger partial charge in [-0.1, -0.05) is 84.9 Å². The van der Waals surface area contributed by atoms with Crippen LogP contribution in [0, 0.1) is 0 Å². The van der Waals surface area contributed by atoms with Gasteiger partial charge in [0, 0.05) is 87.0 Å². The molecule has 9 aromatic carbocycles. The number of nitrogens with zero attached hydrogens (tertiary/aromatic N) is 2. The van der Waals surface area contributed by atoms with Gasteiger partial charge in [-0.05, 0) is 53.4 Å². The molecular formula is C46H23N3O4. The minimum absolute atomic E-state index is 0.00202. The van der Waals surface area contributed by atoms with Crippen molar-refractivity contribution in [1.29, 1.82) is 0 Å². The molecule has 0 aliphatic carbocycles. The van der Waals surface area contributed by atoms with Crippen LogP contribution < -0.4 is 10.9 Å². The maximum absolute atomic E-state index is 14.8. The Morgan fingerprint density at radius 2 is 1.17 bits per heavy atom. The number of rotatable bonds is 3.